The number of halogens is 1. The lowest BCUT2D eigenvalue weighted by atomic mass is 10.1. The minimum atomic E-state index is -3.81. The first kappa shape index (κ1) is 23.2. The molecule has 2 heterocycles. The molecule has 0 saturated carbocycles. The van der Waals surface area contributed by atoms with Gasteiger partial charge >= 0.3 is 0 Å². The number of benzene rings is 3. The molecule has 0 fully saturated rings. The Kier molecular flexibility index (Phi) is 5.92. The van der Waals surface area contributed by atoms with Crippen LogP contribution in [0, 0.1) is 6.92 Å². The third kappa shape index (κ3) is 4.58. The summed E-state index contributed by atoms with van der Waals surface area (Å²) in [4.78, 5) is 14.6. The molecule has 5 rings (SSSR count). The van der Waals surface area contributed by atoms with Crippen molar-refractivity contribution in [1.29, 1.82) is 0 Å². The first-order valence-corrected chi connectivity index (χ1v) is 12.8. The Morgan fingerprint density at radius 3 is 2.31 bits per heavy atom. The lowest BCUT2D eigenvalue weighted by molar-refractivity contribution is -0.119. The summed E-state index contributed by atoms with van der Waals surface area (Å²) in [5, 5.41) is 8.82. The maximum atomic E-state index is 13.2. The zero-order valence-corrected chi connectivity index (χ0v) is 20.3. The van der Waals surface area contributed by atoms with Crippen LogP contribution in [0.3, 0.4) is 0 Å². The number of sulfone groups is 1. The number of hydrogen-bond donors (Lipinski definition) is 1. The van der Waals surface area contributed by atoms with Crippen LogP contribution in [0.1, 0.15) is 11.1 Å². The molecular weight excluding hydrogens is 488 g/mol. The fourth-order valence-electron chi connectivity index (χ4n) is 3.93. The van der Waals surface area contributed by atoms with Gasteiger partial charge in [-0.05, 0) is 55.0 Å². The van der Waals surface area contributed by atoms with E-state index < -0.39 is 27.5 Å². The number of carbonyl (C=O) groups excluding carboxylic acids is 1. The van der Waals surface area contributed by atoms with Gasteiger partial charge < -0.3 is 15.1 Å². The number of fused-ring (bicyclic) bond motifs is 1. The van der Waals surface area contributed by atoms with E-state index in [-0.39, 0.29) is 23.0 Å². The normalized spacial score (nSPS) is 17.2. The van der Waals surface area contributed by atoms with Crippen LogP contribution in [-0.4, -0.2) is 36.3 Å². The molecule has 0 unspecified atom stereocenters. The molecule has 178 valence electrons. The minimum absolute atomic E-state index is 0.0230. The molecule has 0 bridgehead atoms. The quantitative estimate of drug-likeness (QED) is 0.442. The molecule has 1 amide bonds. The Morgan fingerprint density at radius 2 is 1.63 bits per heavy atom. The fraction of sp³-hybridized carbons (Fsp3) is 0.160. The molecule has 1 atom stereocenters. The molecule has 0 spiro atoms. The maximum Gasteiger partial charge on any atom is 0.248 e. The summed E-state index contributed by atoms with van der Waals surface area (Å²) < 4.78 is 31.9. The van der Waals surface area contributed by atoms with Gasteiger partial charge in [0, 0.05) is 16.1 Å². The third-order valence-electron chi connectivity index (χ3n) is 5.79. The van der Waals surface area contributed by atoms with Crippen molar-refractivity contribution in [2.75, 3.05) is 10.7 Å². The first-order valence-electron chi connectivity index (χ1n) is 10.8. The Balaban J connectivity index is 1.59. The van der Waals surface area contributed by atoms with Gasteiger partial charge in [-0.1, -0.05) is 41.4 Å². The molecule has 0 radical (unpaired) electrons. The number of nitrogens with two attached hydrogens (primary N) is 1. The lowest BCUT2D eigenvalue weighted by Crippen LogP contribution is -2.45. The number of rotatable bonds is 4. The van der Waals surface area contributed by atoms with Gasteiger partial charge in [0.05, 0.1) is 28.9 Å². The van der Waals surface area contributed by atoms with E-state index in [4.69, 9.17) is 21.8 Å². The molecule has 8 nitrogen and oxygen atoms in total. The van der Waals surface area contributed by atoms with E-state index >= 15 is 0 Å². The van der Waals surface area contributed by atoms with Crippen LogP contribution in [0.5, 0.6) is 0 Å². The summed E-state index contributed by atoms with van der Waals surface area (Å²) in [7, 11) is -3.81. The van der Waals surface area contributed by atoms with Crippen LogP contribution in [-0.2, 0) is 21.2 Å². The van der Waals surface area contributed by atoms with Gasteiger partial charge in [0.15, 0.2) is 9.84 Å². The van der Waals surface area contributed by atoms with E-state index in [1.165, 1.54) is 11.0 Å². The summed E-state index contributed by atoms with van der Waals surface area (Å²) in [6.07, 6.45) is 0. The fourth-order valence-corrected chi connectivity index (χ4v) is 5.61. The molecule has 1 aliphatic rings. The Hall–Kier alpha value is -3.53. The van der Waals surface area contributed by atoms with E-state index in [9.17, 15) is 13.2 Å². The van der Waals surface area contributed by atoms with Crippen molar-refractivity contribution in [3.8, 4) is 22.9 Å². The number of carbonyl (C=O) groups is 1. The largest absolute Gasteiger partial charge is 0.416 e. The molecule has 0 aliphatic carbocycles. The summed E-state index contributed by atoms with van der Waals surface area (Å²) in [6.45, 7) is 2.10. The second-order valence-corrected chi connectivity index (χ2v) is 10.8. The van der Waals surface area contributed by atoms with Gasteiger partial charge in [0.1, 0.15) is 0 Å². The highest BCUT2D eigenvalue weighted by Gasteiger charge is 2.36. The van der Waals surface area contributed by atoms with Crippen LogP contribution < -0.4 is 10.6 Å². The van der Waals surface area contributed by atoms with Crippen LogP contribution in [0.15, 0.2) is 76.0 Å². The first-order chi connectivity index (χ1) is 16.7. The average Bonchev–Trinajstić information content (AvgIpc) is 3.31. The topological polar surface area (TPSA) is 119 Å². The number of nitrogens with zero attached hydrogens (tertiary/aromatic N) is 3. The van der Waals surface area contributed by atoms with Crippen molar-refractivity contribution in [3.05, 3.63) is 82.9 Å². The molecule has 1 aliphatic heterocycles. The van der Waals surface area contributed by atoms with Gasteiger partial charge in [-0.3, -0.25) is 4.79 Å². The van der Waals surface area contributed by atoms with E-state index in [1.807, 2.05) is 31.2 Å². The second-order valence-electron chi connectivity index (χ2n) is 8.40. The Bertz CT molecular complexity index is 1520. The summed E-state index contributed by atoms with van der Waals surface area (Å²) >= 11 is 5.99. The standard InChI is InChI=1S/C25H21ClN4O4S/c1-15-2-6-17(7-3-15)23-28-29-24(34-23)18-8-11-22-21(12-18)30(13-16-4-9-19(26)10-5-16)25(31)20(27)14-35(22,32)33/h2-12,20H,13-14,27H2,1H3/t20-/m0/s1. The number of aryl methyl sites for hydroxylation is 1. The highest BCUT2D eigenvalue weighted by atomic mass is 35.5. The molecule has 35 heavy (non-hydrogen) atoms. The van der Waals surface area contributed by atoms with Crippen LogP contribution >= 0.6 is 11.6 Å². The number of anilines is 1. The van der Waals surface area contributed by atoms with Crippen molar-refractivity contribution in [3.63, 3.8) is 0 Å². The zero-order chi connectivity index (χ0) is 24.7. The third-order valence-corrected chi connectivity index (χ3v) is 7.86. The van der Waals surface area contributed by atoms with E-state index in [2.05, 4.69) is 10.2 Å². The number of amides is 1. The average molecular weight is 509 g/mol. The second kappa shape index (κ2) is 8.92. The lowest BCUT2D eigenvalue weighted by Gasteiger charge is -2.24. The SMILES string of the molecule is Cc1ccc(-c2nnc(-c3ccc4c(c3)N(Cc3ccc(Cl)cc3)C(=O)[C@@H](N)CS4(=O)=O)o2)cc1. The van der Waals surface area contributed by atoms with Crippen LogP contribution in [0.4, 0.5) is 5.69 Å². The van der Waals surface area contributed by atoms with E-state index in [0.717, 1.165) is 16.7 Å². The smallest absolute Gasteiger partial charge is 0.248 e. The Morgan fingerprint density at radius 1 is 1.00 bits per heavy atom. The molecular formula is C25H21ClN4O4S. The van der Waals surface area contributed by atoms with Crippen LogP contribution in [0.2, 0.25) is 5.02 Å². The van der Waals surface area contributed by atoms with Crippen molar-refractivity contribution in [2.24, 2.45) is 5.73 Å². The molecule has 2 N–H and O–H groups in total. The van der Waals surface area contributed by atoms with Crippen molar-refractivity contribution in [1.82, 2.24) is 10.2 Å². The van der Waals surface area contributed by atoms with Crippen molar-refractivity contribution < 1.29 is 17.6 Å². The molecule has 1 aromatic heterocycles. The summed E-state index contributed by atoms with van der Waals surface area (Å²) in [6, 6.07) is 18.0. The number of aromatic nitrogens is 2. The molecule has 10 heteroatoms. The zero-order valence-electron chi connectivity index (χ0n) is 18.7. The molecule has 4 aromatic rings. The van der Waals surface area contributed by atoms with Crippen molar-refractivity contribution >= 4 is 33.0 Å². The highest BCUT2D eigenvalue weighted by molar-refractivity contribution is 7.91. The predicted molar refractivity (Wildman–Crippen MR) is 133 cm³/mol. The van der Waals surface area contributed by atoms with Gasteiger partial charge in [0.2, 0.25) is 17.7 Å². The predicted octanol–water partition coefficient (Wildman–Crippen LogP) is 4.01. The summed E-state index contributed by atoms with van der Waals surface area (Å²) in [5.41, 5.74) is 9.32. The van der Waals surface area contributed by atoms with Gasteiger partial charge in [-0.25, -0.2) is 8.42 Å². The van der Waals surface area contributed by atoms with E-state index in [1.54, 1.807) is 36.4 Å². The molecule has 3 aromatic carbocycles. The monoisotopic (exact) mass is 508 g/mol. The van der Waals surface area contributed by atoms with E-state index in [0.29, 0.717) is 16.5 Å². The maximum absolute atomic E-state index is 13.2. The minimum Gasteiger partial charge on any atom is -0.416 e. The summed E-state index contributed by atoms with van der Waals surface area (Å²) in [5.74, 6) is -0.440. The highest BCUT2D eigenvalue weighted by Crippen LogP contribution is 2.35. The number of hydrogen-bond acceptors (Lipinski definition) is 7. The van der Waals surface area contributed by atoms with Crippen molar-refractivity contribution in [2.45, 2.75) is 24.4 Å². The van der Waals surface area contributed by atoms with Crippen LogP contribution in [0.25, 0.3) is 22.9 Å². The Labute approximate surface area is 207 Å². The van der Waals surface area contributed by atoms with Gasteiger partial charge in [-0.2, -0.15) is 0 Å². The van der Waals surface area contributed by atoms with Gasteiger partial charge in [0.25, 0.3) is 0 Å². The molecule has 0 saturated heterocycles. The van der Waals surface area contributed by atoms with Gasteiger partial charge in [-0.15, -0.1) is 10.2 Å².